The van der Waals surface area contributed by atoms with Crippen molar-refractivity contribution in [2.45, 2.75) is 4.90 Å². The molecule has 0 aliphatic carbocycles. The van der Waals surface area contributed by atoms with E-state index >= 15 is 0 Å². The minimum Gasteiger partial charge on any atom is -0.273 e. The van der Waals surface area contributed by atoms with Crippen LogP contribution in [0.2, 0.25) is 0 Å². The zero-order valence-corrected chi connectivity index (χ0v) is 15.0. The quantitative estimate of drug-likeness (QED) is 0.543. The molecule has 0 saturated carbocycles. The summed E-state index contributed by atoms with van der Waals surface area (Å²) in [5.74, 6) is 5.48. The molecule has 134 valence electrons. The number of carbonyl (C=O) groups excluding carboxylic acids is 1. The molecule has 0 heterocycles. The van der Waals surface area contributed by atoms with Gasteiger partial charge in [0, 0.05) is 16.7 Å². The molecule has 0 fully saturated rings. The molecule has 27 heavy (non-hydrogen) atoms. The van der Waals surface area contributed by atoms with Crippen LogP contribution in [0, 0.1) is 11.8 Å². The lowest BCUT2D eigenvalue weighted by atomic mass is 10.1. The van der Waals surface area contributed by atoms with Crippen LogP contribution in [-0.2, 0) is 10.0 Å². The molecular formula is C21H16N2O3S. The monoisotopic (exact) mass is 376 g/mol. The fourth-order valence-electron chi connectivity index (χ4n) is 2.22. The van der Waals surface area contributed by atoms with Gasteiger partial charge in [0.1, 0.15) is 0 Å². The summed E-state index contributed by atoms with van der Waals surface area (Å²) in [4.78, 5) is 14.3. The van der Waals surface area contributed by atoms with Crippen molar-refractivity contribution in [3.05, 3.63) is 102 Å². The van der Waals surface area contributed by atoms with Gasteiger partial charge in [0.25, 0.3) is 15.9 Å². The summed E-state index contributed by atoms with van der Waals surface area (Å²) < 4.78 is 24.2. The molecule has 2 N–H and O–H groups in total. The Morgan fingerprint density at radius 1 is 0.704 bits per heavy atom. The van der Waals surface area contributed by atoms with Gasteiger partial charge in [-0.2, -0.15) is 0 Å². The molecule has 6 heteroatoms. The van der Waals surface area contributed by atoms with Crippen molar-refractivity contribution in [2.75, 3.05) is 0 Å². The molecule has 0 aliphatic rings. The first kappa shape index (κ1) is 18.4. The van der Waals surface area contributed by atoms with Crippen LogP contribution in [0.3, 0.4) is 0 Å². The van der Waals surface area contributed by atoms with Crippen LogP contribution in [0.15, 0.2) is 89.8 Å². The Balaban J connectivity index is 1.64. The number of nitrogens with one attached hydrogen (secondary N) is 2. The van der Waals surface area contributed by atoms with Crippen molar-refractivity contribution in [1.82, 2.24) is 10.3 Å². The minimum atomic E-state index is -3.82. The third-order valence-corrected chi connectivity index (χ3v) is 4.89. The first-order valence-electron chi connectivity index (χ1n) is 8.09. The number of sulfonamides is 1. The van der Waals surface area contributed by atoms with E-state index in [1.54, 1.807) is 42.5 Å². The maximum Gasteiger partial charge on any atom is 0.266 e. The lowest BCUT2D eigenvalue weighted by Gasteiger charge is -2.08. The van der Waals surface area contributed by atoms with Gasteiger partial charge in [0.15, 0.2) is 0 Å². The largest absolute Gasteiger partial charge is 0.273 e. The van der Waals surface area contributed by atoms with Crippen LogP contribution in [0.25, 0.3) is 0 Å². The summed E-state index contributed by atoms with van der Waals surface area (Å²) in [6.45, 7) is 0. The van der Waals surface area contributed by atoms with Crippen molar-refractivity contribution in [1.29, 1.82) is 0 Å². The van der Waals surface area contributed by atoms with Crippen LogP contribution in [-0.4, -0.2) is 14.3 Å². The van der Waals surface area contributed by atoms with Gasteiger partial charge in [-0.05, 0) is 48.5 Å². The third kappa shape index (κ3) is 5.05. The molecule has 5 nitrogen and oxygen atoms in total. The highest BCUT2D eigenvalue weighted by Crippen LogP contribution is 2.07. The summed E-state index contributed by atoms with van der Waals surface area (Å²) in [7, 11) is -3.82. The number of hydrogen-bond acceptors (Lipinski definition) is 3. The zero-order chi connectivity index (χ0) is 19.1. The second-order valence-electron chi connectivity index (χ2n) is 5.57. The highest BCUT2D eigenvalue weighted by Gasteiger charge is 2.14. The lowest BCUT2D eigenvalue weighted by Crippen LogP contribution is -2.41. The summed E-state index contributed by atoms with van der Waals surface area (Å²) >= 11 is 0. The summed E-state index contributed by atoms with van der Waals surface area (Å²) in [6, 6.07) is 23.9. The molecule has 3 aromatic carbocycles. The summed E-state index contributed by atoms with van der Waals surface area (Å²) in [5, 5.41) is 0. The predicted molar refractivity (Wildman–Crippen MR) is 103 cm³/mol. The lowest BCUT2D eigenvalue weighted by molar-refractivity contribution is 0.0945. The van der Waals surface area contributed by atoms with Crippen LogP contribution in [0.1, 0.15) is 21.5 Å². The smallest absolute Gasteiger partial charge is 0.266 e. The molecule has 3 aromatic rings. The molecular weight excluding hydrogens is 360 g/mol. The first-order chi connectivity index (χ1) is 13.0. The van der Waals surface area contributed by atoms with E-state index in [1.165, 1.54) is 12.1 Å². The molecule has 0 unspecified atom stereocenters. The molecule has 0 aliphatic heterocycles. The maximum atomic E-state index is 12.1. The van der Waals surface area contributed by atoms with Crippen molar-refractivity contribution in [3.8, 4) is 11.8 Å². The molecule has 3 rings (SSSR count). The number of hydrazine groups is 1. The van der Waals surface area contributed by atoms with Crippen molar-refractivity contribution in [3.63, 3.8) is 0 Å². The number of rotatable bonds is 4. The first-order valence-corrected chi connectivity index (χ1v) is 9.57. The highest BCUT2D eigenvalue weighted by atomic mass is 32.2. The number of carbonyl (C=O) groups is 1. The van der Waals surface area contributed by atoms with E-state index < -0.39 is 15.9 Å². The van der Waals surface area contributed by atoms with Gasteiger partial charge in [0.2, 0.25) is 0 Å². The molecule has 0 radical (unpaired) electrons. The summed E-state index contributed by atoms with van der Waals surface area (Å²) in [6.07, 6.45) is 0. The standard InChI is InChI=1S/C21H16N2O3S/c24-21(22-23-27(25,26)20-9-5-2-6-10-20)19-15-13-18(14-16-19)12-11-17-7-3-1-4-8-17/h1-10,13-16,23H,(H,22,24). The van der Waals surface area contributed by atoms with Crippen LogP contribution in [0.5, 0.6) is 0 Å². The minimum absolute atomic E-state index is 0.0665. The normalized spacial score (nSPS) is 10.5. The van der Waals surface area contributed by atoms with E-state index in [1.807, 2.05) is 30.3 Å². The average molecular weight is 376 g/mol. The fraction of sp³-hybridized carbons (Fsp3) is 0. The van der Waals surface area contributed by atoms with Crippen molar-refractivity contribution >= 4 is 15.9 Å². The Bertz CT molecular complexity index is 1080. The van der Waals surface area contributed by atoms with E-state index in [2.05, 4.69) is 22.1 Å². The van der Waals surface area contributed by atoms with Crippen LogP contribution in [0.4, 0.5) is 0 Å². The Hall–Kier alpha value is -3.40. The Labute approximate surface area is 158 Å². The molecule has 1 amide bonds. The van der Waals surface area contributed by atoms with E-state index in [0.717, 1.165) is 11.1 Å². The Morgan fingerprint density at radius 3 is 1.81 bits per heavy atom. The number of amides is 1. The van der Waals surface area contributed by atoms with Gasteiger partial charge < -0.3 is 0 Å². The Kier molecular flexibility index (Phi) is 5.67. The fourth-order valence-corrected chi connectivity index (χ4v) is 3.08. The highest BCUT2D eigenvalue weighted by molar-refractivity contribution is 7.89. The molecule has 0 bridgehead atoms. The predicted octanol–water partition coefficient (Wildman–Crippen LogP) is 2.71. The average Bonchev–Trinajstić information content (AvgIpc) is 2.72. The van der Waals surface area contributed by atoms with E-state index in [0.29, 0.717) is 5.56 Å². The number of hydrogen-bond donors (Lipinski definition) is 2. The number of benzene rings is 3. The molecule has 0 atom stereocenters. The molecule has 0 saturated heterocycles. The summed E-state index contributed by atoms with van der Waals surface area (Å²) in [5.41, 5.74) is 4.17. The van der Waals surface area contributed by atoms with Crippen LogP contribution < -0.4 is 10.3 Å². The van der Waals surface area contributed by atoms with E-state index in [-0.39, 0.29) is 4.90 Å². The van der Waals surface area contributed by atoms with Gasteiger partial charge in [-0.1, -0.05) is 48.2 Å². The van der Waals surface area contributed by atoms with Crippen molar-refractivity contribution in [2.24, 2.45) is 0 Å². The van der Waals surface area contributed by atoms with Crippen LogP contribution >= 0.6 is 0 Å². The zero-order valence-electron chi connectivity index (χ0n) is 14.2. The van der Waals surface area contributed by atoms with Gasteiger partial charge in [-0.3, -0.25) is 10.2 Å². The van der Waals surface area contributed by atoms with Gasteiger partial charge >= 0.3 is 0 Å². The second kappa shape index (κ2) is 8.32. The van der Waals surface area contributed by atoms with Gasteiger partial charge in [0.05, 0.1) is 4.90 Å². The second-order valence-corrected chi connectivity index (χ2v) is 7.25. The molecule has 0 spiro atoms. The van der Waals surface area contributed by atoms with Gasteiger partial charge in [-0.25, -0.2) is 8.42 Å². The van der Waals surface area contributed by atoms with E-state index in [9.17, 15) is 13.2 Å². The maximum absolute atomic E-state index is 12.1. The van der Waals surface area contributed by atoms with Crippen molar-refractivity contribution < 1.29 is 13.2 Å². The third-order valence-electron chi connectivity index (χ3n) is 3.62. The van der Waals surface area contributed by atoms with E-state index in [4.69, 9.17) is 0 Å². The molecule has 0 aromatic heterocycles. The van der Waals surface area contributed by atoms with Gasteiger partial charge in [-0.15, -0.1) is 4.83 Å². The Morgan fingerprint density at radius 2 is 1.22 bits per heavy atom. The topological polar surface area (TPSA) is 75.3 Å². The SMILES string of the molecule is O=C(NNS(=O)(=O)c1ccccc1)c1ccc(C#Cc2ccccc2)cc1.